The lowest BCUT2D eigenvalue weighted by atomic mass is 10.2. The molecule has 0 aliphatic carbocycles. The summed E-state index contributed by atoms with van der Waals surface area (Å²) in [4.78, 5) is 16.9. The zero-order valence-electron chi connectivity index (χ0n) is 13.1. The molecule has 0 bridgehead atoms. The molecule has 0 unspecified atom stereocenters. The normalized spacial score (nSPS) is 11.2. The molecule has 26 heavy (non-hydrogen) atoms. The van der Waals surface area contributed by atoms with Crippen molar-refractivity contribution in [1.82, 2.24) is 24.5 Å². The lowest BCUT2D eigenvalue weighted by Crippen LogP contribution is -2.22. The van der Waals surface area contributed by atoms with Crippen molar-refractivity contribution in [2.45, 2.75) is 6.54 Å². The van der Waals surface area contributed by atoms with Gasteiger partial charge in [0, 0.05) is 15.6 Å². The highest BCUT2D eigenvalue weighted by molar-refractivity contribution is 6.31. The predicted molar refractivity (Wildman–Crippen MR) is 96.4 cm³/mol. The fraction of sp³-hybridized carbons (Fsp3) is 0.0588. The second-order valence-corrected chi connectivity index (χ2v) is 6.37. The van der Waals surface area contributed by atoms with Gasteiger partial charge in [0.15, 0.2) is 11.2 Å². The summed E-state index contributed by atoms with van der Waals surface area (Å²) < 4.78 is 16.7. The van der Waals surface area contributed by atoms with Gasteiger partial charge in [-0.05, 0) is 36.4 Å². The number of benzene rings is 2. The van der Waals surface area contributed by atoms with E-state index in [0.717, 1.165) is 0 Å². The highest BCUT2D eigenvalue weighted by Gasteiger charge is 2.15. The molecule has 0 aliphatic heterocycles. The predicted octanol–water partition coefficient (Wildman–Crippen LogP) is 3.47. The molecule has 0 radical (unpaired) electrons. The maximum atomic E-state index is 14.0. The highest BCUT2D eigenvalue weighted by atomic mass is 35.5. The quantitative estimate of drug-likeness (QED) is 0.537. The van der Waals surface area contributed by atoms with Gasteiger partial charge in [0.2, 0.25) is 0 Å². The largest absolute Gasteiger partial charge is 0.293 e. The standard InChI is InChI=1S/C17H10Cl2FN5O/c18-10-4-6-11(7-5-10)25-16-15(22-23-25)17(26)24(9-21-16)8-12-13(19)2-1-3-14(12)20/h1-7,9H,8H2. The van der Waals surface area contributed by atoms with Crippen molar-refractivity contribution >= 4 is 34.4 Å². The number of fused-ring (bicyclic) bond motifs is 1. The minimum absolute atomic E-state index is 0.0545. The minimum Gasteiger partial charge on any atom is -0.293 e. The Balaban J connectivity index is 1.79. The fourth-order valence-electron chi connectivity index (χ4n) is 2.57. The third-order valence-corrected chi connectivity index (χ3v) is 4.50. The van der Waals surface area contributed by atoms with Crippen molar-refractivity contribution in [1.29, 1.82) is 0 Å². The van der Waals surface area contributed by atoms with Crippen LogP contribution in [0.3, 0.4) is 0 Å². The second-order valence-electron chi connectivity index (χ2n) is 5.53. The van der Waals surface area contributed by atoms with Crippen LogP contribution in [0, 0.1) is 5.82 Å². The molecule has 4 aromatic rings. The fourth-order valence-corrected chi connectivity index (χ4v) is 2.92. The molecule has 130 valence electrons. The zero-order chi connectivity index (χ0) is 18.3. The molecular weight excluding hydrogens is 380 g/mol. The van der Waals surface area contributed by atoms with Crippen LogP contribution in [0.1, 0.15) is 5.56 Å². The van der Waals surface area contributed by atoms with E-state index in [1.54, 1.807) is 30.3 Å². The topological polar surface area (TPSA) is 65.6 Å². The van der Waals surface area contributed by atoms with Crippen LogP contribution >= 0.6 is 23.2 Å². The van der Waals surface area contributed by atoms with Gasteiger partial charge in [-0.2, -0.15) is 4.68 Å². The van der Waals surface area contributed by atoms with E-state index >= 15 is 0 Å². The monoisotopic (exact) mass is 389 g/mol. The van der Waals surface area contributed by atoms with E-state index in [0.29, 0.717) is 16.4 Å². The molecule has 0 amide bonds. The van der Waals surface area contributed by atoms with E-state index in [2.05, 4.69) is 15.3 Å². The summed E-state index contributed by atoms with van der Waals surface area (Å²) in [6.45, 7) is -0.0545. The van der Waals surface area contributed by atoms with Gasteiger partial charge in [-0.15, -0.1) is 5.10 Å². The van der Waals surface area contributed by atoms with E-state index in [9.17, 15) is 9.18 Å². The Hall–Kier alpha value is -2.77. The Morgan fingerprint density at radius 2 is 1.85 bits per heavy atom. The van der Waals surface area contributed by atoms with Gasteiger partial charge in [-0.3, -0.25) is 9.36 Å². The molecule has 2 heterocycles. The smallest absolute Gasteiger partial charge is 0.283 e. The van der Waals surface area contributed by atoms with Gasteiger partial charge in [-0.1, -0.05) is 34.5 Å². The Bertz CT molecular complexity index is 1150. The second kappa shape index (κ2) is 6.51. The van der Waals surface area contributed by atoms with E-state index in [-0.39, 0.29) is 22.6 Å². The summed E-state index contributed by atoms with van der Waals surface area (Å²) in [5, 5.41) is 8.73. The van der Waals surface area contributed by atoms with Crippen LogP contribution in [0.5, 0.6) is 0 Å². The number of halogens is 3. The number of rotatable bonds is 3. The van der Waals surface area contributed by atoms with Crippen LogP contribution < -0.4 is 5.56 Å². The SMILES string of the molecule is O=c1c2nnn(-c3ccc(Cl)cc3)c2ncn1Cc1c(F)cccc1Cl. The van der Waals surface area contributed by atoms with Gasteiger partial charge in [0.1, 0.15) is 12.1 Å². The van der Waals surface area contributed by atoms with Gasteiger partial charge in [-0.25, -0.2) is 9.37 Å². The maximum Gasteiger partial charge on any atom is 0.283 e. The van der Waals surface area contributed by atoms with E-state index in [1.807, 2.05) is 0 Å². The third kappa shape index (κ3) is 2.85. The summed E-state index contributed by atoms with van der Waals surface area (Å²) >= 11 is 11.9. The minimum atomic E-state index is -0.491. The number of nitrogens with zero attached hydrogens (tertiary/aromatic N) is 5. The van der Waals surface area contributed by atoms with Gasteiger partial charge < -0.3 is 0 Å². The number of hydrogen-bond donors (Lipinski definition) is 0. The molecule has 2 aromatic heterocycles. The van der Waals surface area contributed by atoms with Crippen molar-refractivity contribution in [3.63, 3.8) is 0 Å². The number of aromatic nitrogens is 5. The van der Waals surface area contributed by atoms with Gasteiger partial charge >= 0.3 is 0 Å². The van der Waals surface area contributed by atoms with Crippen LogP contribution in [0.4, 0.5) is 4.39 Å². The maximum absolute atomic E-state index is 14.0. The summed E-state index contributed by atoms with van der Waals surface area (Å²) in [5.74, 6) is -0.491. The van der Waals surface area contributed by atoms with Crippen LogP contribution in [0.2, 0.25) is 10.0 Å². The van der Waals surface area contributed by atoms with Crippen molar-refractivity contribution in [2.75, 3.05) is 0 Å². The van der Waals surface area contributed by atoms with E-state index in [1.165, 1.54) is 27.7 Å². The average Bonchev–Trinajstić information content (AvgIpc) is 3.05. The highest BCUT2D eigenvalue weighted by Crippen LogP contribution is 2.20. The molecule has 9 heteroatoms. The molecule has 0 spiro atoms. The zero-order valence-corrected chi connectivity index (χ0v) is 14.6. The first-order valence-electron chi connectivity index (χ1n) is 7.54. The van der Waals surface area contributed by atoms with Crippen molar-refractivity contribution in [3.05, 3.63) is 80.6 Å². The molecule has 0 saturated heterocycles. The van der Waals surface area contributed by atoms with E-state index in [4.69, 9.17) is 23.2 Å². The number of hydrogen-bond acceptors (Lipinski definition) is 4. The van der Waals surface area contributed by atoms with Crippen molar-refractivity contribution in [2.24, 2.45) is 0 Å². The van der Waals surface area contributed by atoms with Crippen LogP contribution in [0.15, 0.2) is 53.6 Å². The Morgan fingerprint density at radius 1 is 1.08 bits per heavy atom. The molecule has 2 aromatic carbocycles. The molecule has 0 fully saturated rings. The van der Waals surface area contributed by atoms with Gasteiger partial charge in [0.25, 0.3) is 5.56 Å². The molecule has 0 saturated carbocycles. The van der Waals surface area contributed by atoms with Crippen LogP contribution in [0.25, 0.3) is 16.9 Å². The summed E-state index contributed by atoms with van der Waals surface area (Å²) in [6, 6.07) is 11.2. The Kier molecular flexibility index (Phi) is 4.18. The lowest BCUT2D eigenvalue weighted by molar-refractivity contribution is 0.595. The van der Waals surface area contributed by atoms with Crippen molar-refractivity contribution in [3.8, 4) is 5.69 Å². The first kappa shape index (κ1) is 16.7. The lowest BCUT2D eigenvalue weighted by Gasteiger charge is -2.08. The third-order valence-electron chi connectivity index (χ3n) is 3.89. The molecular formula is C17H10Cl2FN5O. The summed E-state index contributed by atoms with van der Waals surface area (Å²) in [5.41, 5.74) is 0.818. The average molecular weight is 390 g/mol. The first-order chi connectivity index (χ1) is 12.5. The van der Waals surface area contributed by atoms with Gasteiger partial charge in [0.05, 0.1) is 12.2 Å². The molecule has 0 aliphatic rings. The molecule has 4 rings (SSSR count). The van der Waals surface area contributed by atoms with Crippen molar-refractivity contribution < 1.29 is 4.39 Å². The summed E-state index contributed by atoms with van der Waals surface area (Å²) in [7, 11) is 0. The Labute approximate surface area is 156 Å². The molecule has 0 atom stereocenters. The van der Waals surface area contributed by atoms with Crippen LogP contribution in [-0.4, -0.2) is 24.5 Å². The Morgan fingerprint density at radius 3 is 2.58 bits per heavy atom. The molecule has 6 nitrogen and oxygen atoms in total. The summed E-state index contributed by atoms with van der Waals surface area (Å²) in [6.07, 6.45) is 1.32. The molecule has 0 N–H and O–H groups in total. The van der Waals surface area contributed by atoms with Crippen LogP contribution in [-0.2, 0) is 6.54 Å². The first-order valence-corrected chi connectivity index (χ1v) is 8.30. The van der Waals surface area contributed by atoms with E-state index < -0.39 is 11.4 Å².